The predicted octanol–water partition coefficient (Wildman–Crippen LogP) is 4.87. The molecule has 3 aromatic rings. The minimum Gasteiger partial charge on any atom is -0.504 e. The first-order valence-corrected chi connectivity index (χ1v) is 11.2. The summed E-state index contributed by atoms with van der Waals surface area (Å²) in [6, 6.07) is 13.5. The number of nitrogens with zero attached hydrogens (tertiary/aromatic N) is 2. The number of fused-ring (bicyclic) bond motifs is 1. The number of aromatic amines is 1. The molecule has 0 radical (unpaired) electrons. The summed E-state index contributed by atoms with van der Waals surface area (Å²) in [7, 11) is -4.23. The lowest BCUT2D eigenvalue weighted by atomic mass is 9.75. The van der Waals surface area contributed by atoms with Crippen molar-refractivity contribution in [2.75, 3.05) is 0 Å². The highest BCUT2D eigenvalue weighted by atomic mass is 32.2. The van der Waals surface area contributed by atoms with E-state index in [-0.39, 0.29) is 16.0 Å². The van der Waals surface area contributed by atoms with Crippen LogP contribution in [0, 0.1) is 18.3 Å². The summed E-state index contributed by atoms with van der Waals surface area (Å²) in [5.41, 5.74) is 1.94. The molecule has 0 saturated carbocycles. The van der Waals surface area contributed by atoms with Crippen molar-refractivity contribution >= 4 is 26.5 Å². The van der Waals surface area contributed by atoms with Gasteiger partial charge in [0, 0.05) is 10.8 Å². The van der Waals surface area contributed by atoms with Gasteiger partial charge in [-0.2, -0.15) is 10.4 Å². The molecule has 6 nitrogen and oxygen atoms in total. The fraction of sp³-hybridized carbons (Fsp3) is 0.167. The highest BCUT2D eigenvalue weighted by Gasteiger charge is 2.31. The number of aliphatic hydroxyl groups is 1. The van der Waals surface area contributed by atoms with E-state index in [9.17, 15) is 18.8 Å². The van der Waals surface area contributed by atoms with Crippen LogP contribution in [0.25, 0.3) is 16.7 Å². The largest absolute Gasteiger partial charge is 0.504 e. The molecule has 1 unspecified atom stereocenters. The molecule has 2 N–H and O–H groups in total. The predicted molar refractivity (Wildman–Crippen MR) is 120 cm³/mol. The Morgan fingerprint density at radius 1 is 1.23 bits per heavy atom. The molecule has 31 heavy (non-hydrogen) atoms. The van der Waals surface area contributed by atoms with E-state index in [0.717, 1.165) is 17.5 Å². The van der Waals surface area contributed by atoms with E-state index in [1.807, 2.05) is 24.3 Å². The van der Waals surface area contributed by atoms with Gasteiger partial charge in [0.25, 0.3) is 0 Å². The van der Waals surface area contributed by atoms with Crippen LogP contribution in [0.4, 0.5) is 0 Å². The maximum Gasteiger partial charge on any atom is 0.220 e. The van der Waals surface area contributed by atoms with Crippen molar-refractivity contribution in [2.24, 2.45) is 0 Å². The van der Waals surface area contributed by atoms with Crippen LogP contribution in [-0.4, -0.2) is 23.7 Å². The number of nitriles is 1. The van der Waals surface area contributed by atoms with Gasteiger partial charge in [0.05, 0.1) is 10.4 Å². The second-order valence-electron chi connectivity index (χ2n) is 7.82. The summed E-state index contributed by atoms with van der Waals surface area (Å²) < 4.78 is 26.3. The zero-order valence-corrected chi connectivity index (χ0v) is 17.9. The number of rotatable bonds is 4. The quantitative estimate of drug-likeness (QED) is 0.453. The number of aliphatic hydroxyl groups excluding tert-OH is 1. The Bertz CT molecular complexity index is 1420. The minimum atomic E-state index is -4.23. The van der Waals surface area contributed by atoms with Crippen molar-refractivity contribution in [1.82, 2.24) is 10.2 Å². The lowest BCUT2D eigenvalue weighted by molar-refractivity contribution is 0.506. The molecule has 1 heterocycles. The molecule has 0 saturated heterocycles. The number of allylic oxidation sites excluding steroid dienone is 5. The van der Waals surface area contributed by atoms with Gasteiger partial charge in [-0.15, -0.1) is 0 Å². The molecule has 0 fully saturated rings. The lowest BCUT2D eigenvalue weighted by Crippen LogP contribution is -2.20. The molecular formula is C24H21N3O3S. The molecule has 1 aliphatic carbocycles. The molecule has 0 spiro atoms. The van der Waals surface area contributed by atoms with Crippen molar-refractivity contribution in [3.8, 4) is 6.07 Å². The summed E-state index contributed by atoms with van der Waals surface area (Å²) in [6.07, 6.45) is 8.79. The van der Waals surface area contributed by atoms with E-state index in [1.165, 1.54) is 12.1 Å². The monoisotopic (exact) mass is 431 g/mol. The highest BCUT2D eigenvalue weighted by Crippen LogP contribution is 2.39. The SMILES string of the molecule is Cc1cccc(S(=O)(=O)C(C#N)=C(O)c2n[nH]c3cccc(C4(C)C=CC=CC4)c23)c1. The van der Waals surface area contributed by atoms with Crippen LogP contribution in [0.2, 0.25) is 0 Å². The molecule has 0 bridgehead atoms. The van der Waals surface area contributed by atoms with Crippen molar-refractivity contribution in [2.45, 2.75) is 30.6 Å². The van der Waals surface area contributed by atoms with Crippen LogP contribution in [0.5, 0.6) is 0 Å². The Kier molecular flexibility index (Phi) is 5.03. The van der Waals surface area contributed by atoms with E-state index >= 15 is 0 Å². The third-order valence-electron chi connectivity index (χ3n) is 5.57. The number of aromatic nitrogens is 2. The van der Waals surface area contributed by atoms with Crippen LogP contribution >= 0.6 is 0 Å². The number of nitrogens with one attached hydrogen (secondary N) is 1. The van der Waals surface area contributed by atoms with Crippen LogP contribution in [0.1, 0.15) is 30.2 Å². The van der Waals surface area contributed by atoms with Crippen molar-refractivity contribution in [1.29, 1.82) is 5.26 Å². The Hall–Kier alpha value is -3.63. The number of hydrogen-bond acceptors (Lipinski definition) is 5. The minimum absolute atomic E-state index is 0.0440. The number of aryl methyl sites for hydroxylation is 1. The fourth-order valence-corrected chi connectivity index (χ4v) is 5.20. The van der Waals surface area contributed by atoms with Gasteiger partial charge >= 0.3 is 0 Å². The van der Waals surface area contributed by atoms with E-state index in [4.69, 9.17) is 0 Å². The first-order valence-electron chi connectivity index (χ1n) is 9.75. The third-order valence-corrected chi connectivity index (χ3v) is 7.26. The molecule has 0 amide bonds. The molecule has 1 aromatic heterocycles. The van der Waals surface area contributed by atoms with Gasteiger partial charge in [-0.25, -0.2) is 8.42 Å². The topological polar surface area (TPSA) is 107 Å². The number of hydrogen-bond donors (Lipinski definition) is 2. The molecule has 1 atom stereocenters. The first kappa shape index (κ1) is 20.6. The zero-order valence-electron chi connectivity index (χ0n) is 17.1. The van der Waals surface area contributed by atoms with E-state index in [1.54, 1.807) is 31.2 Å². The molecule has 0 aliphatic heterocycles. The Labute approximate surface area is 180 Å². The number of sulfone groups is 1. The van der Waals surface area contributed by atoms with Gasteiger partial charge in [0.2, 0.25) is 9.84 Å². The molecular weight excluding hydrogens is 410 g/mol. The summed E-state index contributed by atoms with van der Waals surface area (Å²) >= 11 is 0. The lowest BCUT2D eigenvalue weighted by Gasteiger charge is -2.28. The smallest absolute Gasteiger partial charge is 0.220 e. The van der Waals surface area contributed by atoms with Crippen LogP contribution in [-0.2, 0) is 15.3 Å². The standard InChI is InChI=1S/C24H21N3O3S/c1-16-8-6-9-17(14-16)31(29,30)20(15-25)23(28)22-21-18(10-7-11-19(21)26-27-22)24(2)12-4-3-5-13-24/h3-12,14,28H,13H2,1-2H3,(H,26,27). The summed E-state index contributed by atoms with van der Waals surface area (Å²) in [5.74, 6) is -0.665. The second-order valence-corrected chi connectivity index (χ2v) is 9.71. The Morgan fingerprint density at radius 3 is 2.68 bits per heavy atom. The van der Waals surface area contributed by atoms with E-state index in [0.29, 0.717) is 10.9 Å². The zero-order chi connectivity index (χ0) is 22.2. The normalized spacial score (nSPS) is 19.3. The summed E-state index contributed by atoms with van der Waals surface area (Å²) in [5, 5.41) is 28.3. The maximum atomic E-state index is 13.1. The van der Waals surface area contributed by atoms with E-state index in [2.05, 4.69) is 29.3 Å². The molecule has 1 aliphatic rings. The molecule has 2 aromatic carbocycles. The van der Waals surface area contributed by atoms with Crippen LogP contribution in [0.15, 0.2) is 76.6 Å². The Balaban J connectivity index is 1.96. The highest BCUT2D eigenvalue weighted by molar-refractivity contribution is 7.95. The van der Waals surface area contributed by atoms with Crippen molar-refractivity contribution in [3.63, 3.8) is 0 Å². The van der Waals surface area contributed by atoms with E-state index < -0.39 is 20.5 Å². The first-order chi connectivity index (χ1) is 14.8. The summed E-state index contributed by atoms with van der Waals surface area (Å²) in [6.45, 7) is 3.82. The van der Waals surface area contributed by atoms with Crippen molar-refractivity contribution in [3.05, 3.63) is 88.5 Å². The van der Waals surface area contributed by atoms with Gasteiger partial charge in [-0.3, -0.25) is 5.10 Å². The van der Waals surface area contributed by atoms with Gasteiger partial charge in [-0.05, 0) is 42.7 Å². The van der Waals surface area contributed by atoms with Gasteiger partial charge in [0.1, 0.15) is 11.8 Å². The average Bonchev–Trinajstić information content (AvgIpc) is 3.19. The van der Waals surface area contributed by atoms with Crippen LogP contribution in [0.3, 0.4) is 0 Å². The summed E-state index contributed by atoms with van der Waals surface area (Å²) in [4.78, 5) is -0.784. The third kappa shape index (κ3) is 3.45. The molecule has 4 rings (SSSR count). The fourth-order valence-electron chi connectivity index (χ4n) is 3.90. The van der Waals surface area contributed by atoms with Crippen LogP contribution < -0.4 is 0 Å². The number of H-pyrrole nitrogens is 1. The Morgan fingerprint density at radius 2 is 2.00 bits per heavy atom. The molecule has 7 heteroatoms. The maximum absolute atomic E-state index is 13.1. The van der Waals surface area contributed by atoms with Crippen molar-refractivity contribution < 1.29 is 13.5 Å². The molecule has 156 valence electrons. The van der Waals surface area contributed by atoms with Gasteiger partial charge in [0.15, 0.2) is 10.7 Å². The number of benzene rings is 2. The van der Waals surface area contributed by atoms with Gasteiger partial charge in [-0.1, -0.05) is 55.5 Å². The van der Waals surface area contributed by atoms with Gasteiger partial charge < -0.3 is 5.11 Å². The second kappa shape index (κ2) is 7.56. The average molecular weight is 432 g/mol.